The van der Waals surface area contributed by atoms with E-state index in [1.54, 1.807) is 6.20 Å². The van der Waals surface area contributed by atoms with Crippen LogP contribution in [0.15, 0.2) is 12.3 Å². The Morgan fingerprint density at radius 3 is 2.94 bits per heavy atom. The normalized spacial score (nSPS) is 29.8. The molecule has 1 aromatic heterocycles. The van der Waals surface area contributed by atoms with E-state index in [-0.39, 0.29) is 5.82 Å². The van der Waals surface area contributed by atoms with E-state index in [0.717, 1.165) is 18.3 Å². The monoisotopic (exact) mass is 243 g/mol. The van der Waals surface area contributed by atoms with Crippen molar-refractivity contribution in [2.75, 3.05) is 31.5 Å². The van der Waals surface area contributed by atoms with E-state index in [0.29, 0.717) is 5.92 Å². The first-order valence-corrected chi connectivity index (χ1v) is 6.54. The predicted molar refractivity (Wildman–Crippen MR) is 67.9 cm³/mol. The number of nitriles is 1. The van der Waals surface area contributed by atoms with Crippen LogP contribution in [-0.2, 0) is 0 Å². The van der Waals surface area contributed by atoms with Crippen LogP contribution < -0.4 is 5.32 Å². The van der Waals surface area contributed by atoms with Gasteiger partial charge in [0.25, 0.3) is 0 Å². The fourth-order valence-corrected chi connectivity index (χ4v) is 3.07. The molecule has 0 aliphatic carbocycles. The second kappa shape index (κ2) is 4.91. The molecular formula is C13H17N5. The Labute approximate surface area is 107 Å². The molecule has 5 heteroatoms. The highest BCUT2D eigenvalue weighted by Gasteiger charge is 2.33. The van der Waals surface area contributed by atoms with Gasteiger partial charge in [0, 0.05) is 19.3 Å². The van der Waals surface area contributed by atoms with Crippen LogP contribution in [0.2, 0.25) is 0 Å². The maximum absolute atomic E-state index is 8.76. The molecule has 4 heterocycles. The molecule has 0 aromatic carbocycles. The lowest BCUT2D eigenvalue weighted by Gasteiger charge is -2.44. The summed E-state index contributed by atoms with van der Waals surface area (Å²) in [6, 6.07) is 3.78. The van der Waals surface area contributed by atoms with E-state index in [1.165, 1.54) is 32.5 Å². The summed E-state index contributed by atoms with van der Waals surface area (Å²) in [5.41, 5.74) is 0. The zero-order valence-corrected chi connectivity index (χ0v) is 10.3. The van der Waals surface area contributed by atoms with E-state index in [1.807, 2.05) is 12.1 Å². The van der Waals surface area contributed by atoms with Gasteiger partial charge in [0.05, 0.1) is 0 Å². The lowest BCUT2D eigenvalue weighted by molar-refractivity contribution is 0.0574. The highest BCUT2D eigenvalue weighted by atomic mass is 15.2. The number of piperidine rings is 3. The molecule has 2 bridgehead atoms. The second-order valence-electron chi connectivity index (χ2n) is 5.16. The van der Waals surface area contributed by atoms with Crippen LogP contribution in [0, 0.1) is 23.2 Å². The van der Waals surface area contributed by atoms with Crippen molar-refractivity contribution in [2.45, 2.75) is 12.8 Å². The van der Waals surface area contributed by atoms with Crippen LogP contribution in [0.1, 0.15) is 18.7 Å². The summed E-state index contributed by atoms with van der Waals surface area (Å²) in [7, 11) is 0. The topological polar surface area (TPSA) is 64.8 Å². The van der Waals surface area contributed by atoms with Crippen molar-refractivity contribution < 1.29 is 0 Å². The Kier molecular flexibility index (Phi) is 3.11. The van der Waals surface area contributed by atoms with Gasteiger partial charge in [0.1, 0.15) is 11.9 Å². The van der Waals surface area contributed by atoms with Crippen molar-refractivity contribution in [3.63, 3.8) is 0 Å². The molecule has 0 saturated carbocycles. The summed E-state index contributed by atoms with van der Waals surface area (Å²) in [5, 5.41) is 12.1. The minimum Gasteiger partial charge on any atom is -0.370 e. The highest BCUT2D eigenvalue weighted by Crippen LogP contribution is 2.32. The zero-order chi connectivity index (χ0) is 12.4. The van der Waals surface area contributed by atoms with Gasteiger partial charge in [0.15, 0.2) is 0 Å². The maximum atomic E-state index is 8.76. The minimum atomic E-state index is 0.230. The molecule has 0 spiro atoms. The van der Waals surface area contributed by atoms with Crippen LogP contribution in [-0.4, -0.2) is 41.0 Å². The van der Waals surface area contributed by atoms with Gasteiger partial charge in [-0.1, -0.05) is 0 Å². The number of rotatable bonds is 3. The predicted octanol–water partition coefficient (Wildman–Crippen LogP) is 1.10. The van der Waals surface area contributed by atoms with Crippen LogP contribution in [0.3, 0.4) is 0 Å². The molecule has 3 aliphatic rings. The molecule has 0 radical (unpaired) electrons. The second-order valence-corrected chi connectivity index (χ2v) is 5.16. The van der Waals surface area contributed by atoms with Crippen molar-refractivity contribution in [3.05, 3.63) is 18.1 Å². The fraction of sp³-hybridized carbons (Fsp3) is 0.615. The van der Waals surface area contributed by atoms with Crippen molar-refractivity contribution >= 4 is 5.82 Å². The van der Waals surface area contributed by atoms with E-state index in [4.69, 9.17) is 5.26 Å². The first-order chi connectivity index (χ1) is 8.85. The average molecular weight is 243 g/mol. The van der Waals surface area contributed by atoms with Crippen molar-refractivity contribution in [3.8, 4) is 6.07 Å². The Morgan fingerprint density at radius 1 is 1.44 bits per heavy atom. The molecule has 5 nitrogen and oxygen atoms in total. The largest absolute Gasteiger partial charge is 0.370 e. The molecule has 0 amide bonds. The van der Waals surface area contributed by atoms with Crippen molar-refractivity contribution in [1.82, 2.24) is 14.9 Å². The summed E-state index contributed by atoms with van der Waals surface area (Å²) in [5.74, 6) is 2.57. The average Bonchev–Trinajstić information content (AvgIpc) is 2.46. The van der Waals surface area contributed by atoms with E-state index < -0.39 is 0 Å². The van der Waals surface area contributed by atoms with E-state index in [9.17, 15) is 0 Å². The minimum absolute atomic E-state index is 0.230. The number of aromatic nitrogens is 2. The Bertz CT molecular complexity index is 459. The standard InChI is InChI=1S/C13H17N5/c14-7-13-15-4-1-12(17-13)16-8-11-9-18-5-2-10(11)3-6-18/h1,4,10-11H,2-3,5-6,8-9H2,(H,15,16,17). The van der Waals surface area contributed by atoms with Gasteiger partial charge in [-0.05, 0) is 43.8 Å². The Balaban J connectivity index is 1.59. The molecular weight excluding hydrogens is 226 g/mol. The fourth-order valence-electron chi connectivity index (χ4n) is 3.07. The number of nitrogens with one attached hydrogen (secondary N) is 1. The van der Waals surface area contributed by atoms with Crippen LogP contribution in [0.4, 0.5) is 5.82 Å². The molecule has 1 aromatic rings. The number of fused-ring (bicyclic) bond motifs is 3. The Morgan fingerprint density at radius 2 is 2.28 bits per heavy atom. The lowest BCUT2D eigenvalue weighted by Crippen LogP contribution is -2.49. The maximum Gasteiger partial charge on any atom is 0.234 e. The van der Waals surface area contributed by atoms with Gasteiger partial charge in [-0.2, -0.15) is 5.26 Å². The molecule has 3 aliphatic heterocycles. The molecule has 18 heavy (non-hydrogen) atoms. The van der Waals surface area contributed by atoms with Gasteiger partial charge in [-0.15, -0.1) is 0 Å². The van der Waals surface area contributed by atoms with E-state index >= 15 is 0 Å². The number of nitrogens with zero attached hydrogens (tertiary/aromatic N) is 4. The van der Waals surface area contributed by atoms with Crippen molar-refractivity contribution in [2.24, 2.45) is 11.8 Å². The molecule has 1 N–H and O–H groups in total. The van der Waals surface area contributed by atoms with Gasteiger partial charge in [0.2, 0.25) is 5.82 Å². The summed E-state index contributed by atoms with van der Waals surface area (Å²) >= 11 is 0. The molecule has 1 atom stereocenters. The van der Waals surface area contributed by atoms with Gasteiger partial charge < -0.3 is 10.2 Å². The Hall–Kier alpha value is -1.67. The summed E-state index contributed by atoms with van der Waals surface area (Å²) < 4.78 is 0. The molecule has 3 saturated heterocycles. The van der Waals surface area contributed by atoms with Gasteiger partial charge in [-0.25, -0.2) is 9.97 Å². The summed E-state index contributed by atoms with van der Waals surface area (Å²) in [6.45, 7) is 4.69. The molecule has 3 fully saturated rings. The molecule has 94 valence electrons. The highest BCUT2D eigenvalue weighted by molar-refractivity contribution is 5.35. The quantitative estimate of drug-likeness (QED) is 0.861. The van der Waals surface area contributed by atoms with Crippen LogP contribution >= 0.6 is 0 Å². The van der Waals surface area contributed by atoms with Gasteiger partial charge in [-0.3, -0.25) is 0 Å². The van der Waals surface area contributed by atoms with Crippen LogP contribution in [0.25, 0.3) is 0 Å². The van der Waals surface area contributed by atoms with Crippen molar-refractivity contribution in [1.29, 1.82) is 5.26 Å². The third-order valence-electron chi connectivity index (χ3n) is 4.09. The number of hydrogen-bond acceptors (Lipinski definition) is 5. The van der Waals surface area contributed by atoms with E-state index in [2.05, 4.69) is 20.2 Å². The third-order valence-corrected chi connectivity index (χ3v) is 4.09. The van der Waals surface area contributed by atoms with Crippen LogP contribution in [0.5, 0.6) is 0 Å². The van der Waals surface area contributed by atoms with Gasteiger partial charge >= 0.3 is 0 Å². The third kappa shape index (κ3) is 2.29. The SMILES string of the molecule is N#Cc1nccc(NCC2CN3CCC2CC3)n1. The first kappa shape index (κ1) is 11.4. The lowest BCUT2D eigenvalue weighted by atomic mass is 9.79. The first-order valence-electron chi connectivity index (χ1n) is 6.54. The smallest absolute Gasteiger partial charge is 0.234 e. The molecule has 1 unspecified atom stereocenters. The summed E-state index contributed by atoms with van der Waals surface area (Å²) in [6.07, 6.45) is 4.30. The molecule has 4 rings (SSSR count). The number of hydrogen-bond donors (Lipinski definition) is 1. The zero-order valence-electron chi connectivity index (χ0n) is 10.3. The number of anilines is 1. The summed E-state index contributed by atoms with van der Waals surface area (Å²) in [4.78, 5) is 10.6.